The summed E-state index contributed by atoms with van der Waals surface area (Å²) in [7, 11) is 1.89. The van der Waals surface area contributed by atoms with Gasteiger partial charge in [-0.3, -0.25) is 9.59 Å². The molecule has 0 saturated heterocycles. The van der Waals surface area contributed by atoms with Crippen LogP contribution < -0.4 is 16.0 Å². The standard InChI is InChI=1S/C16H14N4O2S/c1-20-12-4-2-3-5-13(12)23-16(20)19-18-15(22)11-8-6-10(7-9-11)14(17)21/h2-9H,1H3,(H2,17,21)(H,18,22). The Morgan fingerprint density at radius 2 is 1.74 bits per heavy atom. The van der Waals surface area contributed by atoms with Gasteiger partial charge in [-0.2, -0.15) is 0 Å². The summed E-state index contributed by atoms with van der Waals surface area (Å²) < 4.78 is 3.00. The number of carbonyl (C=O) groups is 2. The number of rotatable bonds is 3. The Balaban J connectivity index is 1.84. The van der Waals surface area contributed by atoms with Crippen molar-refractivity contribution in [3.8, 4) is 0 Å². The number of amides is 2. The molecule has 7 heteroatoms. The van der Waals surface area contributed by atoms with Gasteiger partial charge in [0.05, 0.1) is 10.2 Å². The molecule has 2 aromatic carbocycles. The zero-order valence-corrected chi connectivity index (χ0v) is 13.1. The molecule has 0 saturated carbocycles. The predicted molar refractivity (Wildman–Crippen MR) is 88.8 cm³/mol. The average Bonchev–Trinajstić information content (AvgIpc) is 2.89. The number of fused-ring (bicyclic) bond motifs is 1. The van der Waals surface area contributed by atoms with Crippen LogP contribution in [0.3, 0.4) is 0 Å². The van der Waals surface area contributed by atoms with Crippen LogP contribution in [-0.2, 0) is 7.05 Å². The van der Waals surface area contributed by atoms with Gasteiger partial charge in [-0.15, -0.1) is 5.10 Å². The molecule has 0 aliphatic heterocycles. The third-order valence-electron chi connectivity index (χ3n) is 3.40. The number of hydrogen-bond acceptors (Lipinski definition) is 4. The number of hydrogen-bond donors (Lipinski definition) is 2. The Labute approximate surface area is 135 Å². The van der Waals surface area contributed by atoms with Crippen LogP contribution >= 0.6 is 11.3 Å². The smallest absolute Gasteiger partial charge is 0.271 e. The zero-order chi connectivity index (χ0) is 16.4. The van der Waals surface area contributed by atoms with Gasteiger partial charge in [-0.25, -0.2) is 5.43 Å². The molecule has 3 N–H and O–H groups in total. The molecule has 1 aromatic heterocycles. The summed E-state index contributed by atoms with van der Waals surface area (Å²) in [6.45, 7) is 0. The Morgan fingerprint density at radius 1 is 1.09 bits per heavy atom. The number of aryl methyl sites for hydroxylation is 1. The molecule has 6 nitrogen and oxygen atoms in total. The number of aromatic nitrogens is 1. The number of nitrogens with zero attached hydrogens (tertiary/aromatic N) is 2. The van der Waals surface area contributed by atoms with E-state index in [1.54, 1.807) is 0 Å². The van der Waals surface area contributed by atoms with Gasteiger partial charge < -0.3 is 10.3 Å². The van der Waals surface area contributed by atoms with Gasteiger partial charge in [0.15, 0.2) is 0 Å². The van der Waals surface area contributed by atoms with E-state index < -0.39 is 5.91 Å². The largest absolute Gasteiger partial charge is 0.366 e. The molecule has 23 heavy (non-hydrogen) atoms. The van der Waals surface area contributed by atoms with E-state index >= 15 is 0 Å². The van der Waals surface area contributed by atoms with Gasteiger partial charge in [0, 0.05) is 18.2 Å². The maximum atomic E-state index is 12.1. The SMILES string of the molecule is Cn1c(=NNC(=O)c2ccc(C(N)=O)cc2)sc2ccccc21. The van der Waals surface area contributed by atoms with E-state index in [1.165, 1.54) is 35.6 Å². The van der Waals surface area contributed by atoms with Gasteiger partial charge in [-0.05, 0) is 36.4 Å². The fourth-order valence-corrected chi connectivity index (χ4v) is 3.12. The maximum absolute atomic E-state index is 12.1. The van der Waals surface area contributed by atoms with Crippen LogP contribution in [0.25, 0.3) is 10.2 Å². The summed E-state index contributed by atoms with van der Waals surface area (Å²) in [4.78, 5) is 23.8. The first kappa shape index (κ1) is 15.0. The number of thiazole rings is 1. The summed E-state index contributed by atoms with van der Waals surface area (Å²) in [6, 6.07) is 14.0. The highest BCUT2D eigenvalue weighted by molar-refractivity contribution is 7.16. The van der Waals surface area contributed by atoms with Crippen LogP contribution in [0.5, 0.6) is 0 Å². The molecule has 0 unspecified atom stereocenters. The second-order valence-electron chi connectivity index (χ2n) is 4.91. The number of carbonyl (C=O) groups excluding carboxylic acids is 2. The lowest BCUT2D eigenvalue weighted by molar-refractivity contribution is 0.0950. The summed E-state index contributed by atoms with van der Waals surface area (Å²) in [5, 5.41) is 4.17. The highest BCUT2D eigenvalue weighted by Gasteiger charge is 2.07. The fraction of sp³-hybridized carbons (Fsp3) is 0.0625. The third kappa shape index (κ3) is 3.00. The van der Waals surface area contributed by atoms with Crippen LogP contribution in [0, 0.1) is 0 Å². The van der Waals surface area contributed by atoms with E-state index in [9.17, 15) is 9.59 Å². The monoisotopic (exact) mass is 326 g/mol. The Kier molecular flexibility index (Phi) is 3.94. The van der Waals surface area contributed by atoms with Crippen molar-refractivity contribution in [3.63, 3.8) is 0 Å². The normalized spacial score (nSPS) is 11.6. The molecule has 3 rings (SSSR count). The number of benzene rings is 2. The van der Waals surface area contributed by atoms with Crippen molar-refractivity contribution in [2.45, 2.75) is 0 Å². The molecule has 2 amide bonds. The highest BCUT2D eigenvalue weighted by Crippen LogP contribution is 2.14. The van der Waals surface area contributed by atoms with Crippen molar-refractivity contribution < 1.29 is 9.59 Å². The minimum Gasteiger partial charge on any atom is -0.366 e. The van der Waals surface area contributed by atoms with Crippen molar-refractivity contribution in [1.82, 2.24) is 9.99 Å². The van der Waals surface area contributed by atoms with E-state index in [-0.39, 0.29) is 5.91 Å². The number of nitrogens with one attached hydrogen (secondary N) is 1. The number of nitrogens with two attached hydrogens (primary N) is 1. The second-order valence-corrected chi connectivity index (χ2v) is 5.91. The molecule has 0 fully saturated rings. The molecular weight excluding hydrogens is 312 g/mol. The van der Waals surface area contributed by atoms with Crippen molar-refractivity contribution in [1.29, 1.82) is 0 Å². The van der Waals surface area contributed by atoms with E-state index in [0.29, 0.717) is 15.9 Å². The molecule has 0 radical (unpaired) electrons. The minimum atomic E-state index is -0.529. The summed E-state index contributed by atoms with van der Waals surface area (Å²) in [6.07, 6.45) is 0. The third-order valence-corrected chi connectivity index (χ3v) is 4.51. The van der Waals surface area contributed by atoms with Crippen LogP contribution in [0.2, 0.25) is 0 Å². The van der Waals surface area contributed by atoms with Crippen molar-refractivity contribution in [2.75, 3.05) is 0 Å². The van der Waals surface area contributed by atoms with Crippen LogP contribution in [0.1, 0.15) is 20.7 Å². The first-order valence-electron chi connectivity index (χ1n) is 6.85. The highest BCUT2D eigenvalue weighted by atomic mass is 32.1. The Hall–Kier alpha value is -2.93. The quantitative estimate of drug-likeness (QED) is 0.716. The second kappa shape index (κ2) is 6.05. The van der Waals surface area contributed by atoms with Crippen LogP contribution in [-0.4, -0.2) is 16.4 Å². The Bertz CT molecular complexity index is 954. The molecular formula is C16H14N4O2S. The predicted octanol–water partition coefficient (Wildman–Crippen LogP) is 1.58. The van der Waals surface area contributed by atoms with Gasteiger partial charge in [0.25, 0.3) is 5.91 Å². The van der Waals surface area contributed by atoms with E-state index in [2.05, 4.69) is 10.5 Å². The average molecular weight is 326 g/mol. The first-order chi connectivity index (χ1) is 11.1. The van der Waals surface area contributed by atoms with E-state index in [0.717, 1.165) is 10.2 Å². The van der Waals surface area contributed by atoms with Crippen LogP contribution in [0.15, 0.2) is 53.6 Å². The number of para-hydroxylation sites is 1. The molecule has 0 aliphatic rings. The van der Waals surface area contributed by atoms with Crippen LogP contribution in [0.4, 0.5) is 0 Å². The van der Waals surface area contributed by atoms with Gasteiger partial charge in [-0.1, -0.05) is 23.5 Å². The summed E-state index contributed by atoms with van der Waals surface area (Å²) in [5.74, 6) is -0.877. The van der Waals surface area contributed by atoms with E-state index in [1.807, 2.05) is 35.9 Å². The lowest BCUT2D eigenvalue weighted by Crippen LogP contribution is -2.23. The molecule has 3 aromatic rings. The van der Waals surface area contributed by atoms with Crippen molar-refractivity contribution in [3.05, 3.63) is 64.5 Å². The molecule has 0 aliphatic carbocycles. The lowest BCUT2D eigenvalue weighted by atomic mass is 10.1. The maximum Gasteiger partial charge on any atom is 0.271 e. The zero-order valence-electron chi connectivity index (χ0n) is 12.3. The Morgan fingerprint density at radius 3 is 2.39 bits per heavy atom. The molecule has 0 atom stereocenters. The fourth-order valence-electron chi connectivity index (χ4n) is 2.14. The van der Waals surface area contributed by atoms with Crippen molar-refractivity contribution >= 4 is 33.4 Å². The van der Waals surface area contributed by atoms with Gasteiger partial charge >= 0.3 is 0 Å². The number of primary amides is 1. The molecule has 0 bridgehead atoms. The van der Waals surface area contributed by atoms with Gasteiger partial charge in [0.2, 0.25) is 10.7 Å². The minimum absolute atomic E-state index is 0.349. The summed E-state index contributed by atoms with van der Waals surface area (Å²) in [5.41, 5.74) is 9.51. The molecule has 116 valence electrons. The molecule has 1 heterocycles. The van der Waals surface area contributed by atoms with Gasteiger partial charge in [0.1, 0.15) is 0 Å². The lowest BCUT2D eigenvalue weighted by Gasteiger charge is -2.01. The first-order valence-corrected chi connectivity index (χ1v) is 7.66. The van der Waals surface area contributed by atoms with Crippen molar-refractivity contribution in [2.24, 2.45) is 17.9 Å². The topological polar surface area (TPSA) is 89.5 Å². The molecule has 0 spiro atoms. The van der Waals surface area contributed by atoms with E-state index in [4.69, 9.17) is 5.73 Å². The summed E-state index contributed by atoms with van der Waals surface area (Å²) >= 11 is 1.49.